The van der Waals surface area contributed by atoms with E-state index in [0.29, 0.717) is 29.2 Å². The fraction of sp³-hybridized carbons (Fsp3) is 0.500. The fourth-order valence-electron chi connectivity index (χ4n) is 3.82. The zero-order valence-corrected chi connectivity index (χ0v) is 21.3. The van der Waals surface area contributed by atoms with Crippen molar-refractivity contribution in [2.75, 3.05) is 46.8 Å². The molecule has 0 saturated carbocycles. The van der Waals surface area contributed by atoms with Crippen molar-refractivity contribution in [3.63, 3.8) is 0 Å². The molecule has 1 N–H and O–H groups in total. The van der Waals surface area contributed by atoms with Crippen LogP contribution in [0.15, 0.2) is 39.3 Å². The zero-order valence-electron chi connectivity index (χ0n) is 18.9. The monoisotopic (exact) mass is 546 g/mol. The van der Waals surface area contributed by atoms with Gasteiger partial charge >= 0.3 is 0 Å². The predicted molar refractivity (Wildman–Crippen MR) is 128 cm³/mol. The number of methoxy groups -OCH3 is 2. The van der Waals surface area contributed by atoms with Gasteiger partial charge in [-0.05, 0) is 54.0 Å². The maximum absolute atomic E-state index is 14.8. The van der Waals surface area contributed by atoms with Crippen LogP contribution in [0.2, 0.25) is 0 Å². The smallest absolute Gasteiger partial charge is 0.146 e. The Morgan fingerprint density at radius 3 is 2.70 bits per heavy atom. The van der Waals surface area contributed by atoms with Crippen LogP contribution in [0.25, 0.3) is 0 Å². The number of hydrogen-bond acceptors (Lipinski definition) is 6. The van der Waals surface area contributed by atoms with Gasteiger partial charge in [-0.3, -0.25) is 0 Å². The summed E-state index contributed by atoms with van der Waals surface area (Å²) < 4.78 is 61.0. The lowest BCUT2D eigenvalue weighted by Crippen LogP contribution is -2.52. The third kappa shape index (κ3) is 5.64. The number of ether oxygens (including phenoxy) is 2. The highest BCUT2D eigenvalue weighted by Crippen LogP contribution is 2.32. The summed E-state index contributed by atoms with van der Waals surface area (Å²) in [5, 5.41) is 2.86. The Hall–Kier alpha value is -1.82. The minimum Gasteiger partial charge on any atom is -0.497 e. The van der Waals surface area contributed by atoms with Crippen LogP contribution >= 0.6 is 15.9 Å². The highest BCUT2D eigenvalue weighted by atomic mass is 79.9. The summed E-state index contributed by atoms with van der Waals surface area (Å²) in [6.07, 6.45) is 1.55. The molecule has 2 heterocycles. The topological polar surface area (TPSA) is 76.1 Å². The molecule has 1 aromatic carbocycles. The molecular formula is C22H29BrF2N4O3S. The molecule has 1 aliphatic heterocycles. The minimum atomic E-state index is -3.12. The summed E-state index contributed by atoms with van der Waals surface area (Å²) in [6, 6.07) is 8.06. The van der Waals surface area contributed by atoms with Crippen LogP contribution in [0, 0.1) is 5.82 Å². The van der Waals surface area contributed by atoms with E-state index in [9.17, 15) is 13.0 Å². The number of nitrogens with zero attached hydrogens (tertiary/aromatic N) is 3. The van der Waals surface area contributed by atoms with Crippen molar-refractivity contribution >= 4 is 25.8 Å². The maximum Gasteiger partial charge on any atom is 0.146 e. The normalized spacial score (nSPS) is 21.0. The number of alkyl halides is 1. The van der Waals surface area contributed by atoms with Crippen molar-refractivity contribution in [1.29, 1.82) is 0 Å². The summed E-state index contributed by atoms with van der Waals surface area (Å²) >= 11 is 3.22. The Bertz CT molecular complexity index is 1090. The van der Waals surface area contributed by atoms with Crippen molar-refractivity contribution in [2.45, 2.75) is 24.9 Å². The second-order valence-electron chi connectivity index (χ2n) is 7.78. The van der Waals surface area contributed by atoms with Gasteiger partial charge in [-0.15, -0.1) is 0 Å². The molecule has 2 atom stereocenters. The SMILES string of the molecule is CN[C@@](CF)(CS1(=O)=NCCCCN1Cc1ccc(OC)cc1OC)c1nc(Br)ccc1F. The quantitative estimate of drug-likeness (QED) is 0.480. The second kappa shape index (κ2) is 11.1. The lowest BCUT2D eigenvalue weighted by molar-refractivity contribution is 0.271. The average molecular weight is 547 g/mol. The second-order valence-corrected chi connectivity index (χ2v) is 10.9. The molecule has 0 radical (unpaired) electrons. The van der Waals surface area contributed by atoms with Gasteiger partial charge in [-0.1, -0.05) is 6.07 Å². The van der Waals surface area contributed by atoms with Crippen LogP contribution in [0.4, 0.5) is 8.78 Å². The van der Waals surface area contributed by atoms with Gasteiger partial charge < -0.3 is 14.8 Å². The number of benzene rings is 1. The van der Waals surface area contributed by atoms with Crippen molar-refractivity contribution in [3.8, 4) is 11.5 Å². The molecule has 3 rings (SSSR count). The molecule has 2 aromatic rings. The lowest BCUT2D eigenvalue weighted by Gasteiger charge is -2.35. The summed E-state index contributed by atoms with van der Waals surface area (Å²) in [6.45, 7) is 0.152. The van der Waals surface area contributed by atoms with Crippen LogP contribution in [0.5, 0.6) is 11.5 Å². The van der Waals surface area contributed by atoms with Crippen molar-refractivity contribution in [3.05, 3.63) is 52.0 Å². The Kier molecular flexibility index (Phi) is 8.65. The van der Waals surface area contributed by atoms with Gasteiger partial charge in [0.15, 0.2) is 0 Å². The van der Waals surface area contributed by atoms with E-state index in [1.165, 1.54) is 19.2 Å². The lowest BCUT2D eigenvalue weighted by atomic mass is 9.98. The third-order valence-corrected chi connectivity index (χ3v) is 8.77. The number of halogens is 3. The average Bonchev–Trinajstić information content (AvgIpc) is 3.00. The molecule has 0 fully saturated rings. The number of pyridine rings is 1. The first-order valence-corrected chi connectivity index (χ1v) is 13.0. The first kappa shape index (κ1) is 25.8. The highest BCUT2D eigenvalue weighted by Gasteiger charge is 2.41. The minimum absolute atomic E-state index is 0.133. The Labute approximate surface area is 202 Å². The number of aromatic nitrogens is 1. The van der Waals surface area contributed by atoms with Gasteiger partial charge in [-0.2, -0.15) is 0 Å². The molecule has 0 bridgehead atoms. The van der Waals surface area contributed by atoms with E-state index in [1.54, 1.807) is 30.7 Å². The van der Waals surface area contributed by atoms with E-state index in [-0.39, 0.29) is 18.0 Å². The van der Waals surface area contributed by atoms with E-state index in [1.807, 2.05) is 6.07 Å². The van der Waals surface area contributed by atoms with Crippen molar-refractivity contribution in [1.82, 2.24) is 14.6 Å². The summed E-state index contributed by atoms with van der Waals surface area (Å²) in [4.78, 5) is 4.18. The van der Waals surface area contributed by atoms with Crippen LogP contribution in [0.3, 0.4) is 0 Å². The van der Waals surface area contributed by atoms with Gasteiger partial charge in [0.05, 0.1) is 20.0 Å². The molecule has 0 saturated heterocycles. The first-order valence-electron chi connectivity index (χ1n) is 10.5. The van der Waals surface area contributed by atoms with Crippen LogP contribution in [-0.4, -0.2) is 60.3 Å². The summed E-state index contributed by atoms with van der Waals surface area (Å²) in [5.41, 5.74) is -0.947. The first-order chi connectivity index (χ1) is 15.8. The largest absolute Gasteiger partial charge is 0.497 e. The van der Waals surface area contributed by atoms with Gasteiger partial charge in [-0.25, -0.2) is 26.6 Å². The summed E-state index contributed by atoms with van der Waals surface area (Å²) in [5.74, 6) is 0.293. The standard InChI is InChI=1S/C22H29BrF2N4O3S/c1-26-22(14-24,21-18(25)8-9-20(23)28-21)15-33(30)27-10-4-5-11-29(33)13-16-6-7-17(31-2)12-19(16)32-3/h6-9,12,26H,4-5,10-11,13-15H2,1-3H3/t22-,33?/m0/s1. The Balaban J connectivity index is 2.03. The molecule has 7 nitrogen and oxygen atoms in total. The van der Waals surface area contributed by atoms with Gasteiger partial charge in [0.2, 0.25) is 0 Å². The highest BCUT2D eigenvalue weighted by molar-refractivity contribution is 9.10. The van der Waals surface area contributed by atoms with Crippen LogP contribution in [0.1, 0.15) is 24.1 Å². The number of nitrogens with one attached hydrogen (secondary N) is 1. The fourth-order valence-corrected chi connectivity index (χ4v) is 6.74. The summed E-state index contributed by atoms with van der Waals surface area (Å²) in [7, 11) is 1.52. The molecule has 0 aliphatic carbocycles. The van der Waals surface area contributed by atoms with Gasteiger partial charge in [0.1, 0.15) is 49.7 Å². The van der Waals surface area contributed by atoms with E-state index in [2.05, 4.69) is 30.6 Å². The Morgan fingerprint density at radius 1 is 1.24 bits per heavy atom. The van der Waals surface area contributed by atoms with Gasteiger partial charge in [0, 0.05) is 31.3 Å². The Morgan fingerprint density at radius 2 is 2.03 bits per heavy atom. The molecule has 1 aliphatic rings. The van der Waals surface area contributed by atoms with E-state index in [0.717, 1.165) is 18.4 Å². The molecule has 1 unspecified atom stereocenters. The zero-order chi connectivity index (χ0) is 24.1. The molecular weight excluding hydrogens is 518 g/mol. The predicted octanol–water partition coefficient (Wildman–Crippen LogP) is 4.06. The molecule has 1 aromatic heterocycles. The van der Waals surface area contributed by atoms with E-state index >= 15 is 0 Å². The molecule has 0 spiro atoms. The third-order valence-electron chi connectivity index (χ3n) is 5.76. The molecule has 0 amide bonds. The molecule has 182 valence electrons. The van der Waals surface area contributed by atoms with Crippen LogP contribution in [-0.2, 0) is 22.0 Å². The van der Waals surface area contributed by atoms with Crippen molar-refractivity contribution < 1.29 is 22.5 Å². The maximum atomic E-state index is 14.8. The number of hydrogen-bond donors (Lipinski definition) is 1. The van der Waals surface area contributed by atoms with E-state index < -0.39 is 27.9 Å². The van der Waals surface area contributed by atoms with Crippen LogP contribution < -0.4 is 14.8 Å². The van der Waals surface area contributed by atoms with Crippen molar-refractivity contribution in [2.24, 2.45) is 4.36 Å². The number of rotatable bonds is 9. The molecule has 33 heavy (non-hydrogen) atoms. The molecule has 11 heteroatoms. The van der Waals surface area contributed by atoms with Gasteiger partial charge in [0.25, 0.3) is 0 Å². The van der Waals surface area contributed by atoms with E-state index in [4.69, 9.17) is 9.47 Å².